The van der Waals surface area contributed by atoms with Gasteiger partial charge in [-0.25, -0.2) is 29.9 Å². The van der Waals surface area contributed by atoms with Gasteiger partial charge in [0.05, 0.1) is 11.4 Å². The van der Waals surface area contributed by atoms with Gasteiger partial charge in [-0.05, 0) is 44.0 Å². The van der Waals surface area contributed by atoms with Crippen LogP contribution in [0.2, 0.25) is 5.15 Å². The number of pyridine rings is 2. The fourth-order valence-corrected chi connectivity index (χ4v) is 4.69. The fourth-order valence-electron chi connectivity index (χ4n) is 4.47. The highest BCUT2D eigenvalue weighted by atomic mass is 35.5. The molecule has 36 heavy (non-hydrogen) atoms. The largest absolute Gasteiger partial charge is 0.352 e. The fraction of sp³-hybridized carbons (Fsp3) is 0.333. The summed E-state index contributed by atoms with van der Waals surface area (Å²) >= 11 is 6.12. The molecule has 6 rings (SSSR count). The first-order chi connectivity index (χ1) is 17.5. The lowest BCUT2D eigenvalue weighted by molar-refractivity contribution is 0.689. The lowest BCUT2D eigenvalue weighted by Gasteiger charge is -2.29. The monoisotopic (exact) mass is 500 g/mol. The minimum Gasteiger partial charge on any atom is -0.352 e. The first kappa shape index (κ1) is 24.1. The summed E-state index contributed by atoms with van der Waals surface area (Å²) in [5, 5.41) is 0.553. The Balaban J connectivity index is 0.000000148. The smallest absolute Gasteiger partial charge is 0.137 e. The van der Waals surface area contributed by atoms with E-state index < -0.39 is 0 Å². The Kier molecular flexibility index (Phi) is 7.04. The summed E-state index contributed by atoms with van der Waals surface area (Å²) in [6, 6.07) is 8.30. The van der Waals surface area contributed by atoms with Gasteiger partial charge < -0.3 is 9.80 Å². The van der Waals surface area contributed by atoms with Crippen molar-refractivity contribution < 1.29 is 0 Å². The molecule has 0 atom stereocenters. The third kappa shape index (κ3) is 5.28. The molecule has 4 aromatic heterocycles. The second-order valence-corrected chi connectivity index (χ2v) is 9.56. The first-order valence-electron chi connectivity index (χ1n) is 12.1. The highest BCUT2D eigenvalue weighted by Crippen LogP contribution is 2.26. The molecule has 8 nitrogen and oxygen atoms in total. The molecule has 0 amide bonds. The van der Waals surface area contributed by atoms with E-state index in [1.807, 2.05) is 32.3 Å². The maximum absolute atomic E-state index is 6.12. The van der Waals surface area contributed by atoms with E-state index in [9.17, 15) is 0 Å². The van der Waals surface area contributed by atoms with Gasteiger partial charge in [-0.3, -0.25) is 0 Å². The molecule has 0 fully saturated rings. The normalized spacial score (nSPS) is 14.4. The molecule has 0 radical (unpaired) electrons. The van der Waals surface area contributed by atoms with Gasteiger partial charge in [-0.2, -0.15) is 0 Å². The average molecular weight is 501 g/mol. The minimum atomic E-state index is 0.553. The number of hydrogen-bond acceptors (Lipinski definition) is 8. The van der Waals surface area contributed by atoms with Crippen molar-refractivity contribution in [2.45, 2.75) is 46.7 Å². The van der Waals surface area contributed by atoms with Crippen molar-refractivity contribution in [1.82, 2.24) is 29.9 Å². The summed E-state index contributed by atoms with van der Waals surface area (Å²) < 4.78 is 0. The van der Waals surface area contributed by atoms with Crippen LogP contribution in [0, 0.1) is 20.8 Å². The predicted molar refractivity (Wildman–Crippen MR) is 141 cm³/mol. The molecule has 0 aliphatic carbocycles. The van der Waals surface area contributed by atoms with Gasteiger partial charge >= 0.3 is 0 Å². The number of rotatable bonds is 2. The van der Waals surface area contributed by atoms with Crippen LogP contribution in [0.25, 0.3) is 0 Å². The topological polar surface area (TPSA) is 83.8 Å². The molecule has 6 heterocycles. The van der Waals surface area contributed by atoms with Crippen molar-refractivity contribution >= 4 is 23.2 Å². The Hall–Kier alpha value is -3.65. The number of aryl methyl sites for hydroxylation is 3. The molecule has 184 valence electrons. The van der Waals surface area contributed by atoms with Crippen LogP contribution in [0.15, 0.2) is 49.3 Å². The predicted octanol–water partition coefficient (Wildman–Crippen LogP) is 4.45. The van der Waals surface area contributed by atoms with E-state index in [1.165, 1.54) is 23.1 Å². The Morgan fingerprint density at radius 3 is 1.72 bits per heavy atom. The van der Waals surface area contributed by atoms with Gasteiger partial charge in [0.25, 0.3) is 0 Å². The zero-order valence-corrected chi connectivity index (χ0v) is 21.6. The lowest BCUT2D eigenvalue weighted by Crippen LogP contribution is -2.32. The van der Waals surface area contributed by atoms with Crippen LogP contribution in [0.5, 0.6) is 0 Å². The second-order valence-electron chi connectivity index (χ2n) is 9.20. The number of halogens is 1. The Labute approximate surface area is 216 Å². The van der Waals surface area contributed by atoms with Crippen molar-refractivity contribution in [2.75, 3.05) is 22.9 Å². The maximum Gasteiger partial charge on any atom is 0.137 e. The van der Waals surface area contributed by atoms with Gasteiger partial charge in [0.2, 0.25) is 0 Å². The summed E-state index contributed by atoms with van der Waals surface area (Å²) in [6.07, 6.45) is 8.84. The van der Waals surface area contributed by atoms with Gasteiger partial charge in [0.15, 0.2) is 0 Å². The third-order valence-corrected chi connectivity index (χ3v) is 6.93. The first-order valence-corrected chi connectivity index (χ1v) is 12.5. The molecule has 0 unspecified atom stereocenters. The zero-order chi connectivity index (χ0) is 25.1. The van der Waals surface area contributed by atoms with E-state index >= 15 is 0 Å². The van der Waals surface area contributed by atoms with Crippen LogP contribution < -0.4 is 9.80 Å². The standard InChI is InChI=1S/C14H16N4.C13H13ClN4/c1-10-3-4-14(15-7-10)18-6-5-13-12(8-18)11(2)16-9-17-13;1-9-2-3-12(15-6-9)18-5-4-11-10(7-18)13(14)17-8-16-11/h3-4,7,9H,5-6,8H2,1-2H3;2-3,6,8H,4-5,7H2,1H3. The Bertz CT molecular complexity index is 1240. The summed E-state index contributed by atoms with van der Waals surface area (Å²) in [7, 11) is 0. The van der Waals surface area contributed by atoms with E-state index in [0.29, 0.717) is 5.15 Å². The maximum atomic E-state index is 6.12. The van der Waals surface area contributed by atoms with Gasteiger partial charge in [-0.1, -0.05) is 23.7 Å². The highest BCUT2D eigenvalue weighted by Gasteiger charge is 2.21. The molecule has 2 aliphatic rings. The molecule has 0 spiro atoms. The van der Waals surface area contributed by atoms with Crippen molar-refractivity contribution in [3.8, 4) is 0 Å². The van der Waals surface area contributed by atoms with E-state index in [-0.39, 0.29) is 0 Å². The second kappa shape index (κ2) is 10.5. The number of aromatic nitrogens is 6. The summed E-state index contributed by atoms with van der Waals surface area (Å²) in [5.41, 5.74) is 7.95. The molecule has 0 saturated heterocycles. The molecule has 4 aromatic rings. The van der Waals surface area contributed by atoms with Gasteiger partial charge in [0.1, 0.15) is 29.4 Å². The zero-order valence-electron chi connectivity index (χ0n) is 20.8. The Morgan fingerprint density at radius 1 is 0.639 bits per heavy atom. The lowest BCUT2D eigenvalue weighted by atomic mass is 10.0. The minimum absolute atomic E-state index is 0.553. The van der Waals surface area contributed by atoms with Crippen LogP contribution in [0.1, 0.15) is 39.3 Å². The van der Waals surface area contributed by atoms with Crippen molar-refractivity contribution in [3.05, 3.63) is 93.8 Å². The third-order valence-electron chi connectivity index (χ3n) is 6.61. The summed E-state index contributed by atoms with van der Waals surface area (Å²) in [4.78, 5) is 30.4. The molecule has 2 aliphatic heterocycles. The quantitative estimate of drug-likeness (QED) is 0.373. The van der Waals surface area contributed by atoms with Crippen LogP contribution in [-0.2, 0) is 25.9 Å². The summed E-state index contributed by atoms with van der Waals surface area (Å²) in [6.45, 7) is 9.61. The Morgan fingerprint density at radius 2 is 1.17 bits per heavy atom. The number of anilines is 2. The van der Waals surface area contributed by atoms with Gasteiger partial charge in [-0.15, -0.1) is 0 Å². The molecule has 0 bridgehead atoms. The average Bonchev–Trinajstić information content (AvgIpc) is 2.90. The number of fused-ring (bicyclic) bond motifs is 2. The van der Waals surface area contributed by atoms with E-state index in [1.54, 1.807) is 6.33 Å². The van der Waals surface area contributed by atoms with E-state index in [2.05, 4.69) is 64.8 Å². The van der Waals surface area contributed by atoms with E-state index in [4.69, 9.17) is 11.6 Å². The molecule has 0 aromatic carbocycles. The molecular weight excluding hydrogens is 472 g/mol. The van der Waals surface area contributed by atoms with Crippen molar-refractivity contribution in [3.63, 3.8) is 0 Å². The van der Waals surface area contributed by atoms with Crippen LogP contribution in [-0.4, -0.2) is 43.0 Å². The van der Waals surface area contributed by atoms with Crippen molar-refractivity contribution in [1.29, 1.82) is 0 Å². The molecule has 9 heteroatoms. The summed E-state index contributed by atoms with van der Waals surface area (Å²) in [5.74, 6) is 2.01. The van der Waals surface area contributed by atoms with Crippen molar-refractivity contribution in [2.24, 2.45) is 0 Å². The van der Waals surface area contributed by atoms with E-state index in [0.717, 1.165) is 73.2 Å². The number of hydrogen-bond donors (Lipinski definition) is 0. The highest BCUT2D eigenvalue weighted by molar-refractivity contribution is 6.30. The molecular formula is C27H29ClN8. The molecule has 0 N–H and O–H groups in total. The number of nitrogens with zero attached hydrogens (tertiary/aromatic N) is 8. The van der Waals surface area contributed by atoms with Crippen LogP contribution in [0.3, 0.4) is 0 Å². The SMILES string of the molecule is Cc1ccc(N2CCc3ncnc(C)c3C2)nc1.Cc1ccc(N2CCc3ncnc(Cl)c3C2)nc1. The van der Waals surface area contributed by atoms with Gasteiger partial charge in [0, 0.05) is 68.2 Å². The molecule has 0 saturated carbocycles. The van der Waals surface area contributed by atoms with Crippen LogP contribution in [0.4, 0.5) is 11.6 Å². The van der Waals surface area contributed by atoms with Crippen LogP contribution >= 0.6 is 11.6 Å².